The van der Waals surface area contributed by atoms with E-state index >= 15 is 0 Å². The molecule has 0 radical (unpaired) electrons. The maximum atomic E-state index is 12.7. The fourth-order valence-electron chi connectivity index (χ4n) is 1.80. The molecule has 0 amide bonds. The number of hydrogen-bond acceptors (Lipinski definition) is 5. The Morgan fingerprint density at radius 1 is 1.38 bits per heavy atom. The molecule has 1 aromatic carbocycles. The molecular formula is C12H10Cl2F3N5OS. The summed E-state index contributed by atoms with van der Waals surface area (Å²) in [5, 5.41) is 15.0. The molecule has 0 unspecified atom stereocenters. The number of anilines is 1. The summed E-state index contributed by atoms with van der Waals surface area (Å²) in [5.41, 5.74) is 6.56. The molecule has 0 fully saturated rings. The van der Waals surface area contributed by atoms with Crippen LogP contribution in [0, 0.1) is 0 Å². The highest BCUT2D eigenvalue weighted by Crippen LogP contribution is 2.40. The number of benzene rings is 1. The predicted molar refractivity (Wildman–Crippen MR) is 87.4 cm³/mol. The first kappa shape index (κ1) is 18.7. The van der Waals surface area contributed by atoms with Gasteiger partial charge >= 0.3 is 6.18 Å². The van der Waals surface area contributed by atoms with Crippen molar-refractivity contribution < 1.29 is 18.4 Å². The van der Waals surface area contributed by atoms with Crippen LogP contribution in [0.1, 0.15) is 11.3 Å². The number of hydroxylamine groups is 1. The molecule has 2 aromatic rings. The molecule has 130 valence electrons. The number of hydrogen-bond donors (Lipinski definition) is 4. The van der Waals surface area contributed by atoms with Crippen molar-refractivity contribution in [1.82, 2.24) is 15.7 Å². The number of thioether (sulfide) groups is 1. The number of nitrogens with two attached hydrogens (primary N) is 1. The average Bonchev–Trinajstić information content (AvgIpc) is 2.86. The number of halogens is 5. The molecular weight excluding hydrogens is 390 g/mol. The average molecular weight is 400 g/mol. The van der Waals surface area contributed by atoms with Crippen molar-refractivity contribution in [3.05, 3.63) is 33.4 Å². The minimum atomic E-state index is -4.60. The van der Waals surface area contributed by atoms with Crippen LogP contribution in [0.15, 0.2) is 22.0 Å². The number of amidine groups is 1. The van der Waals surface area contributed by atoms with Gasteiger partial charge in [0.15, 0.2) is 11.7 Å². The number of rotatable bonds is 3. The fraction of sp³-hybridized carbons (Fsp3) is 0.167. The molecule has 24 heavy (non-hydrogen) atoms. The first-order valence-corrected chi connectivity index (χ1v) is 8.10. The second kappa shape index (κ2) is 7.09. The first-order valence-electron chi connectivity index (χ1n) is 6.12. The van der Waals surface area contributed by atoms with Crippen LogP contribution in [0.4, 0.5) is 24.7 Å². The SMILES string of the molecule is CSc1c(N)n[nH]c1C(=Nc1c(Cl)cc(C(F)(F)F)cc1Cl)NO. The van der Waals surface area contributed by atoms with Crippen LogP contribution in [0.25, 0.3) is 0 Å². The van der Waals surface area contributed by atoms with Crippen molar-refractivity contribution in [2.75, 3.05) is 12.0 Å². The van der Waals surface area contributed by atoms with Crippen molar-refractivity contribution in [1.29, 1.82) is 0 Å². The third kappa shape index (κ3) is 3.72. The molecule has 2 rings (SSSR count). The third-order valence-corrected chi connectivity index (χ3v) is 4.26. The van der Waals surface area contributed by atoms with Crippen LogP contribution in [-0.4, -0.2) is 27.5 Å². The number of aromatic amines is 1. The van der Waals surface area contributed by atoms with Gasteiger partial charge in [-0.05, 0) is 18.4 Å². The molecule has 5 N–H and O–H groups in total. The van der Waals surface area contributed by atoms with Crippen LogP contribution in [0.3, 0.4) is 0 Å². The first-order chi connectivity index (χ1) is 11.2. The quantitative estimate of drug-likeness (QED) is 0.269. The Morgan fingerprint density at radius 2 is 1.96 bits per heavy atom. The summed E-state index contributed by atoms with van der Waals surface area (Å²) in [5.74, 6) is 0.0113. The lowest BCUT2D eigenvalue weighted by molar-refractivity contribution is -0.137. The molecule has 1 aromatic heterocycles. The molecule has 0 aliphatic carbocycles. The molecule has 0 spiro atoms. The monoisotopic (exact) mass is 399 g/mol. The van der Waals surface area contributed by atoms with Crippen LogP contribution < -0.4 is 11.2 Å². The van der Waals surface area contributed by atoms with Crippen LogP contribution >= 0.6 is 35.0 Å². The molecule has 1 heterocycles. The predicted octanol–water partition coefficient (Wildman–Crippen LogP) is 4.10. The summed E-state index contributed by atoms with van der Waals surface area (Å²) in [4.78, 5) is 4.46. The highest BCUT2D eigenvalue weighted by atomic mass is 35.5. The zero-order chi connectivity index (χ0) is 18.1. The molecule has 0 atom stereocenters. The number of nitrogen functional groups attached to an aromatic ring is 1. The third-order valence-electron chi connectivity index (χ3n) is 2.86. The Morgan fingerprint density at radius 3 is 2.42 bits per heavy atom. The summed E-state index contributed by atoms with van der Waals surface area (Å²) in [7, 11) is 0. The summed E-state index contributed by atoms with van der Waals surface area (Å²) < 4.78 is 38.2. The van der Waals surface area contributed by atoms with Crippen LogP contribution in [0.2, 0.25) is 10.0 Å². The van der Waals surface area contributed by atoms with E-state index < -0.39 is 11.7 Å². The van der Waals surface area contributed by atoms with Crippen molar-refractivity contribution in [2.45, 2.75) is 11.1 Å². The maximum Gasteiger partial charge on any atom is 0.416 e. The van der Waals surface area contributed by atoms with Crippen molar-refractivity contribution in [3.63, 3.8) is 0 Å². The maximum absolute atomic E-state index is 12.7. The van der Waals surface area contributed by atoms with E-state index in [1.165, 1.54) is 11.8 Å². The molecule has 6 nitrogen and oxygen atoms in total. The van der Waals surface area contributed by atoms with E-state index in [2.05, 4.69) is 15.2 Å². The number of H-pyrrole nitrogens is 1. The Bertz CT molecular complexity index is 770. The second-order valence-corrected chi connectivity index (χ2v) is 6.01. The lowest BCUT2D eigenvalue weighted by atomic mass is 10.2. The fourth-order valence-corrected chi connectivity index (χ4v) is 2.97. The summed E-state index contributed by atoms with van der Waals surface area (Å²) in [6, 6.07) is 1.39. The highest BCUT2D eigenvalue weighted by molar-refractivity contribution is 7.98. The summed E-state index contributed by atoms with van der Waals surface area (Å²) in [6.07, 6.45) is -2.88. The largest absolute Gasteiger partial charge is 0.416 e. The number of aromatic nitrogens is 2. The lowest BCUT2D eigenvalue weighted by Gasteiger charge is -2.11. The Kier molecular flexibility index (Phi) is 5.53. The zero-order valence-electron chi connectivity index (χ0n) is 11.9. The van der Waals surface area contributed by atoms with Gasteiger partial charge in [-0.3, -0.25) is 15.8 Å². The van der Waals surface area contributed by atoms with Crippen LogP contribution in [-0.2, 0) is 6.18 Å². The van der Waals surface area contributed by atoms with Crippen molar-refractivity contribution in [3.8, 4) is 0 Å². The van der Waals surface area contributed by atoms with E-state index in [0.29, 0.717) is 17.0 Å². The summed E-state index contributed by atoms with van der Waals surface area (Å²) >= 11 is 12.9. The molecule has 0 aliphatic heterocycles. The molecule has 12 heteroatoms. The van der Waals surface area contributed by atoms with Crippen molar-refractivity contribution in [2.24, 2.45) is 4.99 Å². The van der Waals surface area contributed by atoms with Gasteiger partial charge in [-0.1, -0.05) is 23.2 Å². The van der Waals surface area contributed by atoms with E-state index in [1.54, 1.807) is 6.26 Å². The Balaban J connectivity index is 2.56. The van der Waals surface area contributed by atoms with E-state index in [9.17, 15) is 18.4 Å². The highest BCUT2D eigenvalue weighted by Gasteiger charge is 2.32. The molecule has 0 bridgehead atoms. The van der Waals surface area contributed by atoms with Gasteiger partial charge in [-0.15, -0.1) is 11.8 Å². The second-order valence-electron chi connectivity index (χ2n) is 4.38. The molecule has 0 saturated heterocycles. The number of nitrogens with zero attached hydrogens (tertiary/aromatic N) is 2. The minimum absolute atomic E-state index is 0.150. The summed E-state index contributed by atoms with van der Waals surface area (Å²) in [6.45, 7) is 0. The van der Waals surface area contributed by atoms with Gasteiger partial charge in [0.25, 0.3) is 0 Å². The van der Waals surface area contributed by atoms with Gasteiger partial charge in [-0.25, -0.2) is 4.99 Å². The van der Waals surface area contributed by atoms with Gasteiger partial charge in [0.1, 0.15) is 11.4 Å². The number of nitrogens with one attached hydrogen (secondary N) is 2. The van der Waals surface area contributed by atoms with Gasteiger partial charge in [-0.2, -0.15) is 18.3 Å². The van der Waals surface area contributed by atoms with E-state index in [0.717, 1.165) is 0 Å². The Labute approximate surface area is 148 Å². The Hall–Kier alpha value is -1.62. The smallest absolute Gasteiger partial charge is 0.381 e. The number of alkyl halides is 3. The standard InChI is InChI=1S/C12H10Cl2F3N5OS/c1-24-9-8(20-21-10(9)18)11(22-23)19-7-5(13)2-4(3-6(7)14)12(15,16)17/h2-3,23H,1H3,(H,19,22)(H3,18,20,21). The van der Waals surface area contributed by atoms with Gasteiger partial charge in [0.05, 0.1) is 20.5 Å². The number of aliphatic imine (C=N–C) groups is 1. The lowest BCUT2D eigenvalue weighted by Crippen LogP contribution is -2.21. The molecule has 0 aliphatic rings. The van der Waals surface area contributed by atoms with Crippen molar-refractivity contribution >= 4 is 52.3 Å². The van der Waals surface area contributed by atoms with Gasteiger partial charge in [0, 0.05) is 0 Å². The van der Waals surface area contributed by atoms with Gasteiger partial charge < -0.3 is 5.73 Å². The normalized spacial score (nSPS) is 12.5. The van der Waals surface area contributed by atoms with E-state index in [1.807, 2.05) is 5.48 Å². The van der Waals surface area contributed by atoms with Crippen LogP contribution in [0.5, 0.6) is 0 Å². The zero-order valence-corrected chi connectivity index (χ0v) is 14.2. The minimum Gasteiger partial charge on any atom is -0.381 e. The van der Waals surface area contributed by atoms with E-state index in [-0.39, 0.29) is 33.1 Å². The van der Waals surface area contributed by atoms with Gasteiger partial charge in [0.2, 0.25) is 0 Å². The van der Waals surface area contributed by atoms with E-state index in [4.69, 9.17) is 28.9 Å². The topological polar surface area (TPSA) is 99.3 Å². The molecule has 0 saturated carbocycles.